The zero-order valence-electron chi connectivity index (χ0n) is 18.2. The van der Waals surface area contributed by atoms with Crippen LogP contribution in [-0.4, -0.2) is 44.0 Å². The fourth-order valence-corrected chi connectivity index (χ4v) is 4.95. The van der Waals surface area contributed by atoms with Crippen LogP contribution in [0.1, 0.15) is 34.5 Å². The summed E-state index contributed by atoms with van der Waals surface area (Å²) in [7, 11) is -3.58. The van der Waals surface area contributed by atoms with Crippen molar-refractivity contribution in [1.29, 1.82) is 0 Å². The fourth-order valence-electron chi connectivity index (χ4n) is 3.84. The van der Waals surface area contributed by atoms with E-state index in [4.69, 9.17) is 4.52 Å². The number of sulfonamides is 1. The summed E-state index contributed by atoms with van der Waals surface area (Å²) in [5.74, 6) is 0.0100. The second-order valence-corrected chi connectivity index (χ2v) is 10.1. The van der Waals surface area contributed by atoms with E-state index in [0.29, 0.717) is 18.8 Å². The minimum atomic E-state index is -3.58. The Kier molecular flexibility index (Phi) is 6.43. The van der Waals surface area contributed by atoms with Crippen LogP contribution in [-0.2, 0) is 10.0 Å². The van der Waals surface area contributed by atoms with E-state index in [9.17, 15) is 13.2 Å². The second-order valence-electron chi connectivity index (χ2n) is 8.37. The molecule has 1 saturated heterocycles. The second kappa shape index (κ2) is 9.26. The molecule has 0 spiro atoms. The largest absolute Gasteiger partial charge is 0.350 e. The van der Waals surface area contributed by atoms with Crippen LogP contribution in [0.4, 0.5) is 0 Å². The number of carbonyl (C=O) groups excluding carboxylic acids is 1. The Balaban J connectivity index is 1.38. The molecule has 3 aromatic rings. The van der Waals surface area contributed by atoms with Gasteiger partial charge in [-0.25, -0.2) is 13.1 Å². The van der Waals surface area contributed by atoms with E-state index in [0.717, 1.165) is 29.5 Å². The number of aromatic nitrogens is 1. The van der Waals surface area contributed by atoms with E-state index < -0.39 is 10.0 Å². The molecule has 1 N–H and O–H groups in total. The summed E-state index contributed by atoms with van der Waals surface area (Å²) in [6.45, 7) is 5.28. The Hall–Kier alpha value is -2.97. The summed E-state index contributed by atoms with van der Waals surface area (Å²) >= 11 is 0. The van der Waals surface area contributed by atoms with Gasteiger partial charge in [0, 0.05) is 31.3 Å². The lowest BCUT2D eigenvalue weighted by Gasteiger charge is -2.32. The number of rotatable bonds is 6. The average Bonchev–Trinajstić information content (AvgIpc) is 3.28. The third kappa shape index (κ3) is 5.08. The van der Waals surface area contributed by atoms with Crippen molar-refractivity contribution in [3.05, 3.63) is 71.5 Å². The van der Waals surface area contributed by atoms with Crippen molar-refractivity contribution >= 4 is 15.9 Å². The minimum absolute atomic E-state index is 0.0346. The van der Waals surface area contributed by atoms with Gasteiger partial charge < -0.3 is 9.42 Å². The fraction of sp³-hybridized carbons (Fsp3) is 0.333. The first kappa shape index (κ1) is 22.2. The van der Waals surface area contributed by atoms with Gasteiger partial charge in [0.25, 0.3) is 5.91 Å². The van der Waals surface area contributed by atoms with Crippen LogP contribution >= 0.6 is 0 Å². The van der Waals surface area contributed by atoms with Gasteiger partial charge in [0.2, 0.25) is 15.8 Å². The highest BCUT2D eigenvalue weighted by atomic mass is 32.2. The predicted octanol–water partition coefficient (Wildman–Crippen LogP) is 3.79. The molecule has 7 nitrogen and oxygen atoms in total. The molecule has 8 heteroatoms. The molecule has 32 heavy (non-hydrogen) atoms. The molecule has 168 valence electrons. The highest BCUT2D eigenvalue weighted by Gasteiger charge is 2.28. The number of carbonyl (C=O) groups is 1. The van der Waals surface area contributed by atoms with Crippen molar-refractivity contribution in [1.82, 2.24) is 14.8 Å². The number of amides is 1. The van der Waals surface area contributed by atoms with E-state index in [1.807, 2.05) is 38.1 Å². The lowest BCUT2D eigenvalue weighted by atomic mass is 9.98. The third-order valence-corrected chi connectivity index (χ3v) is 7.21. The first-order valence-electron chi connectivity index (χ1n) is 10.7. The molecule has 1 amide bonds. The Labute approximate surface area is 188 Å². The summed E-state index contributed by atoms with van der Waals surface area (Å²) in [5.41, 5.74) is 3.66. The standard InChI is InChI=1S/C24H27N3O4S/c1-17-5-9-20(10-6-17)22-14-23(31-26-22)24(28)27-13-3-4-19(16-27)15-25-32(29,30)21-11-7-18(2)8-12-21/h5-12,14,19,25H,3-4,13,15-16H2,1-2H3. The molecule has 1 aliphatic heterocycles. The van der Waals surface area contributed by atoms with Crippen LogP contribution in [0.15, 0.2) is 64.0 Å². The van der Waals surface area contributed by atoms with Crippen LogP contribution < -0.4 is 4.72 Å². The molecule has 1 aromatic heterocycles. The normalized spacial score (nSPS) is 16.8. The van der Waals surface area contributed by atoms with E-state index in [-0.39, 0.29) is 29.0 Å². The summed E-state index contributed by atoms with van der Waals surface area (Å²) < 4.78 is 33.2. The Morgan fingerprint density at radius 2 is 1.75 bits per heavy atom. The van der Waals surface area contributed by atoms with Crippen LogP contribution in [0, 0.1) is 19.8 Å². The molecular formula is C24H27N3O4S. The lowest BCUT2D eigenvalue weighted by Crippen LogP contribution is -2.43. The number of benzene rings is 2. The molecule has 4 rings (SSSR count). The summed E-state index contributed by atoms with van der Waals surface area (Å²) in [6.07, 6.45) is 1.66. The maximum absolute atomic E-state index is 13.0. The first-order chi connectivity index (χ1) is 15.3. The minimum Gasteiger partial charge on any atom is -0.350 e. The summed E-state index contributed by atoms with van der Waals surface area (Å²) in [6, 6.07) is 16.3. The zero-order chi connectivity index (χ0) is 22.7. The monoisotopic (exact) mass is 453 g/mol. The van der Waals surface area contributed by atoms with Crippen LogP contribution in [0.5, 0.6) is 0 Å². The van der Waals surface area contributed by atoms with Gasteiger partial charge in [-0.2, -0.15) is 0 Å². The number of piperidine rings is 1. The summed E-state index contributed by atoms with van der Waals surface area (Å²) in [4.78, 5) is 14.9. The van der Waals surface area contributed by atoms with Gasteiger partial charge in [-0.1, -0.05) is 52.7 Å². The molecule has 0 bridgehead atoms. The molecule has 0 aliphatic carbocycles. The summed E-state index contributed by atoms with van der Waals surface area (Å²) in [5, 5.41) is 4.05. The van der Waals surface area contributed by atoms with Gasteiger partial charge in [0.1, 0.15) is 5.69 Å². The van der Waals surface area contributed by atoms with Crippen LogP contribution in [0.3, 0.4) is 0 Å². The van der Waals surface area contributed by atoms with Gasteiger partial charge in [-0.05, 0) is 44.7 Å². The van der Waals surface area contributed by atoms with E-state index in [2.05, 4.69) is 9.88 Å². The average molecular weight is 454 g/mol. The van der Waals surface area contributed by atoms with Crippen molar-refractivity contribution in [2.45, 2.75) is 31.6 Å². The number of aryl methyl sites for hydroxylation is 2. The number of hydrogen-bond acceptors (Lipinski definition) is 5. The van der Waals surface area contributed by atoms with Crippen molar-refractivity contribution in [2.75, 3.05) is 19.6 Å². The zero-order valence-corrected chi connectivity index (χ0v) is 19.1. The molecule has 1 fully saturated rings. The number of nitrogens with zero attached hydrogens (tertiary/aromatic N) is 2. The molecule has 1 atom stereocenters. The highest BCUT2D eigenvalue weighted by Crippen LogP contribution is 2.23. The number of nitrogens with one attached hydrogen (secondary N) is 1. The topological polar surface area (TPSA) is 92.5 Å². The van der Waals surface area contributed by atoms with Gasteiger partial charge >= 0.3 is 0 Å². The quantitative estimate of drug-likeness (QED) is 0.613. The van der Waals surface area contributed by atoms with E-state index in [1.165, 1.54) is 0 Å². The third-order valence-electron chi connectivity index (χ3n) is 5.77. The van der Waals surface area contributed by atoms with Crippen LogP contribution in [0.2, 0.25) is 0 Å². The predicted molar refractivity (Wildman–Crippen MR) is 122 cm³/mol. The maximum atomic E-state index is 13.0. The molecule has 2 heterocycles. The molecular weight excluding hydrogens is 426 g/mol. The van der Waals surface area contributed by atoms with Crippen LogP contribution in [0.25, 0.3) is 11.3 Å². The van der Waals surface area contributed by atoms with Gasteiger partial charge in [-0.3, -0.25) is 4.79 Å². The SMILES string of the molecule is Cc1ccc(-c2cc(C(=O)N3CCCC(CNS(=O)(=O)c4ccc(C)cc4)C3)on2)cc1. The van der Waals surface area contributed by atoms with Crippen molar-refractivity contribution < 1.29 is 17.7 Å². The van der Waals surface area contributed by atoms with E-state index >= 15 is 0 Å². The van der Waals surface area contributed by atoms with Crippen molar-refractivity contribution in [3.8, 4) is 11.3 Å². The Bertz CT molecular complexity index is 1180. The van der Waals surface area contributed by atoms with Crippen molar-refractivity contribution in [2.24, 2.45) is 5.92 Å². The van der Waals surface area contributed by atoms with Crippen molar-refractivity contribution in [3.63, 3.8) is 0 Å². The molecule has 1 unspecified atom stereocenters. The molecule has 2 aromatic carbocycles. The first-order valence-corrected chi connectivity index (χ1v) is 12.2. The van der Waals surface area contributed by atoms with Gasteiger partial charge in [-0.15, -0.1) is 0 Å². The molecule has 0 saturated carbocycles. The Morgan fingerprint density at radius 1 is 1.09 bits per heavy atom. The maximum Gasteiger partial charge on any atom is 0.292 e. The molecule has 1 aliphatic rings. The Morgan fingerprint density at radius 3 is 2.44 bits per heavy atom. The smallest absolute Gasteiger partial charge is 0.292 e. The molecule has 0 radical (unpaired) electrons. The van der Waals surface area contributed by atoms with Gasteiger partial charge in [0.05, 0.1) is 4.90 Å². The number of hydrogen-bond donors (Lipinski definition) is 1. The van der Waals surface area contributed by atoms with E-state index in [1.54, 1.807) is 35.2 Å². The highest BCUT2D eigenvalue weighted by molar-refractivity contribution is 7.89. The number of likely N-dealkylation sites (tertiary alicyclic amines) is 1. The van der Waals surface area contributed by atoms with Gasteiger partial charge in [0.15, 0.2) is 0 Å². The lowest BCUT2D eigenvalue weighted by molar-refractivity contribution is 0.0634.